The van der Waals surface area contributed by atoms with E-state index in [2.05, 4.69) is 21.2 Å². The van der Waals surface area contributed by atoms with Gasteiger partial charge in [-0.25, -0.2) is 4.39 Å². The number of rotatable bonds is 5. The minimum atomic E-state index is -0.474. The van der Waals surface area contributed by atoms with Crippen LogP contribution in [-0.2, 0) is 4.79 Å². The molecule has 1 aromatic carbocycles. The van der Waals surface area contributed by atoms with Crippen molar-refractivity contribution in [3.63, 3.8) is 0 Å². The Morgan fingerprint density at radius 1 is 1.39 bits per heavy atom. The molecule has 0 aliphatic heterocycles. The van der Waals surface area contributed by atoms with Crippen LogP contribution < -0.4 is 11.1 Å². The summed E-state index contributed by atoms with van der Waals surface area (Å²) in [6, 6.07) is 3.97. The molecule has 1 rings (SSSR count). The molecule has 0 aliphatic carbocycles. The van der Waals surface area contributed by atoms with Gasteiger partial charge in [0.1, 0.15) is 5.82 Å². The molecule has 5 heteroatoms. The first-order valence-corrected chi connectivity index (χ1v) is 6.62. The Labute approximate surface area is 115 Å². The molecule has 1 aromatic rings. The van der Waals surface area contributed by atoms with Crippen molar-refractivity contribution in [1.82, 2.24) is 5.32 Å². The monoisotopic (exact) mass is 316 g/mol. The van der Waals surface area contributed by atoms with E-state index < -0.39 is 11.9 Å². The lowest BCUT2D eigenvalue weighted by molar-refractivity contribution is -0.121. The van der Waals surface area contributed by atoms with E-state index in [1.54, 1.807) is 12.1 Å². The van der Waals surface area contributed by atoms with Gasteiger partial charge in [0.15, 0.2) is 0 Å². The molecule has 0 bridgehead atoms. The van der Waals surface area contributed by atoms with Crippen molar-refractivity contribution in [2.24, 2.45) is 11.7 Å². The normalized spacial score (nSPS) is 14.6. The number of carbonyl (C=O) groups is 1. The maximum Gasteiger partial charge on any atom is 0.234 e. The molecule has 3 N–H and O–H groups in total. The molecular weight excluding hydrogens is 299 g/mol. The summed E-state index contributed by atoms with van der Waals surface area (Å²) in [6.45, 7) is 5.60. The highest BCUT2D eigenvalue weighted by atomic mass is 79.9. The second-order valence-electron chi connectivity index (χ2n) is 4.68. The van der Waals surface area contributed by atoms with Gasteiger partial charge in [0.25, 0.3) is 0 Å². The third-order valence-electron chi connectivity index (χ3n) is 2.83. The fourth-order valence-corrected chi connectivity index (χ4v) is 2.19. The van der Waals surface area contributed by atoms with E-state index >= 15 is 0 Å². The Kier molecular flexibility index (Phi) is 5.28. The molecule has 0 aromatic heterocycles. The largest absolute Gasteiger partial charge is 0.368 e. The average molecular weight is 317 g/mol. The standard InChI is InChI=1S/C13H18BrFN2O/c1-7(2)12(13(16)18)17-8(3)10-6-9(14)4-5-11(10)15/h4-8,12,17H,1-3H3,(H2,16,18). The topological polar surface area (TPSA) is 55.1 Å². The number of benzene rings is 1. The number of halogens is 2. The summed E-state index contributed by atoms with van der Waals surface area (Å²) in [5.74, 6) is -0.669. The van der Waals surface area contributed by atoms with Crippen molar-refractivity contribution >= 4 is 21.8 Å². The van der Waals surface area contributed by atoms with Crippen LogP contribution in [0.2, 0.25) is 0 Å². The number of nitrogens with two attached hydrogens (primary N) is 1. The van der Waals surface area contributed by atoms with Crippen molar-refractivity contribution in [2.75, 3.05) is 0 Å². The van der Waals surface area contributed by atoms with Crippen LogP contribution in [0.25, 0.3) is 0 Å². The lowest BCUT2D eigenvalue weighted by atomic mass is 10.0. The van der Waals surface area contributed by atoms with Gasteiger partial charge in [0.05, 0.1) is 6.04 Å². The number of carbonyl (C=O) groups excluding carboxylic acids is 1. The highest BCUT2D eigenvalue weighted by molar-refractivity contribution is 9.10. The minimum Gasteiger partial charge on any atom is -0.368 e. The van der Waals surface area contributed by atoms with Gasteiger partial charge in [0.2, 0.25) is 5.91 Å². The summed E-state index contributed by atoms with van der Waals surface area (Å²) in [4.78, 5) is 11.3. The molecule has 0 spiro atoms. The summed E-state index contributed by atoms with van der Waals surface area (Å²) in [7, 11) is 0. The van der Waals surface area contributed by atoms with Crippen LogP contribution in [0.3, 0.4) is 0 Å². The molecule has 0 saturated heterocycles. The predicted octanol–water partition coefficient (Wildman–Crippen LogP) is 2.75. The smallest absolute Gasteiger partial charge is 0.234 e. The second kappa shape index (κ2) is 6.29. The molecule has 0 aliphatic rings. The van der Waals surface area contributed by atoms with Crippen LogP contribution in [0.15, 0.2) is 22.7 Å². The van der Waals surface area contributed by atoms with Crippen LogP contribution >= 0.6 is 15.9 Å². The quantitative estimate of drug-likeness (QED) is 0.877. The van der Waals surface area contributed by atoms with Crippen molar-refractivity contribution in [3.05, 3.63) is 34.1 Å². The van der Waals surface area contributed by atoms with Gasteiger partial charge in [0, 0.05) is 16.1 Å². The first-order valence-electron chi connectivity index (χ1n) is 5.83. The molecular formula is C13H18BrFN2O. The zero-order valence-corrected chi connectivity index (χ0v) is 12.3. The maximum absolute atomic E-state index is 13.7. The maximum atomic E-state index is 13.7. The van der Waals surface area contributed by atoms with Gasteiger partial charge in [-0.1, -0.05) is 29.8 Å². The van der Waals surface area contributed by atoms with Crippen molar-refractivity contribution in [2.45, 2.75) is 32.9 Å². The summed E-state index contributed by atoms with van der Waals surface area (Å²) in [6.07, 6.45) is 0. The highest BCUT2D eigenvalue weighted by Gasteiger charge is 2.23. The summed E-state index contributed by atoms with van der Waals surface area (Å²) in [5.41, 5.74) is 5.84. The van der Waals surface area contributed by atoms with E-state index in [9.17, 15) is 9.18 Å². The third kappa shape index (κ3) is 3.78. The second-order valence-corrected chi connectivity index (χ2v) is 5.59. The molecule has 3 nitrogen and oxygen atoms in total. The van der Waals surface area contributed by atoms with Crippen LogP contribution in [0, 0.1) is 11.7 Å². The Hall–Kier alpha value is -0.940. The fourth-order valence-electron chi connectivity index (χ4n) is 1.81. The van der Waals surface area contributed by atoms with Gasteiger partial charge >= 0.3 is 0 Å². The van der Waals surface area contributed by atoms with Gasteiger partial charge < -0.3 is 5.73 Å². The number of amides is 1. The van der Waals surface area contributed by atoms with Gasteiger partial charge in [-0.3, -0.25) is 10.1 Å². The Balaban J connectivity index is 2.90. The fraction of sp³-hybridized carbons (Fsp3) is 0.462. The first kappa shape index (κ1) is 15.1. The van der Waals surface area contributed by atoms with E-state index in [-0.39, 0.29) is 17.8 Å². The van der Waals surface area contributed by atoms with E-state index in [1.165, 1.54) is 6.07 Å². The summed E-state index contributed by atoms with van der Waals surface area (Å²) >= 11 is 3.30. The first-order chi connectivity index (χ1) is 8.32. The number of nitrogens with one attached hydrogen (secondary N) is 1. The summed E-state index contributed by atoms with van der Waals surface area (Å²) < 4.78 is 14.5. The predicted molar refractivity (Wildman–Crippen MR) is 73.5 cm³/mol. The van der Waals surface area contributed by atoms with E-state index in [1.807, 2.05) is 20.8 Å². The van der Waals surface area contributed by atoms with E-state index in [0.717, 1.165) is 4.47 Å². The highest BCUT2D eigenvalue weighted by Crippen LogP contribution is 2.22. The molecule has 2 atom stereocenters. The zero-order valence-electron chi connectivity index (χ0n) is 10.7. The molecule has 100 valence electrons. The molecule has 2 unspecified atom stereocenters. The average Bonchev–Trinajstić information content (AvgIpc) is 2.28. The van der Waals surface area contributed by atoms with Crippen LogP contribution in [0.4, 0.5) is 4.39 Å². The molecule has 0 heterocycles. The van der Waals surface area contributed by atoms with Crippen molar-refractivity contribution < 1.29 is 9.18 Å². The van der Waals surface area contributed by atoms with E-state index in [4.69, 9.17) is 5.73 Å². The number of primary amides is 1. The zero-order chi connectivity index (χ0) is 13.9. The molecule has 1 amide bonds. The van der Waals surface area contributed by atoms with Gasteiger partial charge in [-0.2, -0.15) is 0 Å². The molecule has 18 heavy (non-hydrogen) atoms. The van der Waals surface area contributed by atoms with Gasteiger partial charge in [-0.15, -0.1) is 0 Å². The van der Waals surface area contributed by atoms with E-state index in [0.29, 0.717) is 5.56 Å². The van der Waals surface area contributed by atoms with Crippen LogP contribution in [-0.4, -0.2) is 11.9 Å². The minimum absolute atomic E-state index is 0.0557. The third-order valence-corrected chi connectivity index (χ3v) is 3.32. The number of hydrogen-bond acceptors (Lipinski definition) is 2. The molecule has 0 fully saturated rings. The van der Waals surface area contributed by atoms with Crippen molar-refractivity contribution in [3.8, 4) is 0 Å². The lowest BCUT2D eigenvalue weighted by Gasteiger charge is -2.24. The Morgan fingerprint density at radius 3 is 2.50 bits per heavy atom. The van der Waals surface area contributed by atoms with Gasteiger partial charge in [-0.05, 0) is 31.0 Å². The molecule has 0 radical (unpaired) electrons. The SMILES string of the molecule is CC(NC(C(N)=O)C(C)C)c1cc(Br)ccc1F. The van der Waals surface area contributed by atoms with Crippen molar-refractivity contribution in [1.29, 1.82) is 0 Å². The lowest BCUT2D eigenvalue weighted by Crippen LogP contribution is -2.46. The number of hydrogen-bond donors (Lipinski definition) is 2. The summed E-state index contributed by atoms with van der Waals surface area (Å²) in [5, 5.41) is 3.06. The Bertz CT molecular complexity index is 437. The Morgan fingerprint density at radius 2 is 2.00 bits per heavy atom. The van der Waals surface area contributed by atoms with Crippen LogP contribution in [0.1, 0.15) is 32.4 Å². The van der Waals surface area contributed by atoms with Crippen LogP contribution in [0.5, 0.6) is 0 Å². The molecule has 0 saturated carbocycles.